The molecule has 7 heteroatoms. The molecule has 2 amide bonds. The minimum atomic E-state index is -1.13. The Kier molecular flexibility index (Phi) is 10.3. The lowest BCUT2D eigenvalue weighted by Gasteiger charge is -2.33. The Morgan fingerprint density at radius 1 is 0.909 bits per heavy atom. The van der Waals surface area contributed by atoms with Crippen molar-refractivity contribution in [3.63, 3.8) is 0 Å². The Labute approximate surface area is 261 Å². The van der Waals surface area contributed by atoms with Gasteiger partial charge in [0.1, 0.15) is 6.04 Å². The van der Waals surface area contributed by atoms with Gasteiger partial charge in [-0.1, -0.05) is 105 Å². The highest BCUT2D eigenvalue weighted by Crippen LogP contribution is 2.32. The number of amides is 2. The zero-order valence-corrected chi connectivity index (χ0v) is 27.0. The number of carbonyl (C=O) groups excluding carboxylic acids is 3. The third-order valence-corrected chi connectivity index (χ3v) is 8.07. The van der Waals surface area contributed by atoms with Crippen molar-refractivity contribution >= 4 is 17.8 Å². The second kappa shape index (κ2) is 13.8. The van der Waals surface area contributed by atoms with Crippen LogP contribution in [-0.2, 0) is 30.3 Å². The fraction of sp³-hybridized carbons (Fsp3) is 0.432. The van der Waals surface area contributed by atoms with Gasteiger partial charge in [-0.05, 0) is 60.8 Å². The van der Waals surface area contributed by atoms with Crippen LogP contribution in [0.2, 0.25) is 0 Å². The molecule has 1 aliphatic heterocycles. The first-order chi connectivity index (χ1) is 20.7. The number of benzene rings is 3. The Morgan fingerprint density at radius 2 is 1.59 bits per heavy atom. The fourth-order valence-corrected chi connectivity index (χ4v) is 5.74. The zero-order chi connectivity index (χ0) is 32.1. The lowest BCUT2D eigenvalue weighted by molar-refractivity contribution is -0.162. The van der Waals surface area contributed by atoms with E-state index in [2.05, 4.69) is 54.0 Å². The predicted octanol–water partition coefficient (Wildman–Crippen LogP) is 6.69. The van der Waals surface area contributed by atoms with Gasteiger partial charge in [-0.2, -0.15) is 0 Å². The summed E-state index contributed by atoms with van der Waals surface area (Å²) in [6, 6.07) is 25.2. The predicted molar refractivity (Wildman–Crippen MR) is 172 cm³/mol. The summed E-state index contributed by atoms with van der Waals surface area (Å²) in [6.45, 7) is 13.0. The molecule has 1 saturated heterocycles. The van der Waals surface area contributed by atoms with Crippen molar-refractivity contribution in [2.75, 3.05) is 0 Å². The van der Waals surface area contributed by atoms with Crippen molar-refractivity contribution in [2.24, 2.45) is 11.3 Å². The molecule has 0 radical (unpaired) electrons. The third kappa shape index (κ3) is 8.35. The van der Waals surface area contributed by atoms with Crippen LogP contribution in [0.3, 0.4) is 0 Å². The van der Waals surface area contributed by atoms with Gasteiger partial charge < -0.3 is 20.1 Å². The molecular formula is C37H46N2O5. The van der Waals surface area contributed by atoms with Crippen molar-refractivity contribution in [1.29, 1.82) is 0 Å². The summed E-state index contributed by atoms with van der Waals surface area (Å²) >= 11 is 0. The second-order valence-electron chi connectivity index (χ2n) is 13.3. The molecule has 4 rings (SSSR count). The highest BCUT2D eigenvalue weighted by Gasteiger charge is 2.48. The third-order valence-electron chi connectivity index (χ3n) is 8.07. The Morgan fingerprint density at radius 3 is 2.23 bits per heavy atom. The van der Waals surface area contributed by atoms with Crippen molar-refractivity contribution < 1.29 is 23.9 Å². The highest BCUT2D eigenvalue weighted by molar-refractivity contribution is 5.92. The second-order valence-corrected chi connectivity index (χ2v) is 13.3. The normalized spacial score (nSPS) is 18.2. The van der Waals surface area contributed by atoms with Crippen molar-refractivity contribution in [3.8, 4) is 11.1 Å². The quantitative estimate of drug-likeness (QED) is 0.240. The number of ether oxygens (including phenoxy) is 2. The van der Waals surface area contributed by atoms with Gasteiger partial charge in [-0.3, -0.25) is 9.59 Å². The topological polar surface area (TPSA) is 93.7 Å². The molecule has 3 aromatic rings. The number of hydrogen-bond donors (Lipinski definition) is 2. The van der Waals surface area contributed by atoms with Gasteiger partial charge in [-0.15, -0.1) is 0 Å². The van der Waals surface area contributed by atoms with Crippen LogP contribution in [-0.4, -0.2) is 35.7 Å². The molecular weight excluding hydrogens is 552 g/mol. The van der Waals surface area contributed by atoms with Gasteiger partial charge in [0.15, 0.2) is 6.10 Å². The summed E-state index contributed by atoms with van der Waals surface area (Å²) in [5.41, 5.74) is 5.01. The molecule has 0 bridgehead atoms. The number of hydrogen-bond acceptors (Lipinski definition) is 5. The van der Waals surface area contributed by atoms with Gasteiger partial charge >= 0.3 is 5.97 Å². The molecule has 1 heterocycles. The number of rotatable bonds is 11. The van der Waals surface area contributed by atoms with Gasteiger partial charge in [-0.25, -0.2) is 4.79 Å². The first-order valence-corrected chi connectivity index (χ1v) is 15.5. The van der Waals surface area contributed by atoms with Crippen molar-refractivity contribution in [2.45, 2.75) is 91.7 Å². The SMILES string of the molecule is Cc1cccc(-c2ccccc2CCC[C@@H](C(=O)N[C@H](C(=O)N[C@H](C)c2ccccc2)C(C)(C)C)[C@@H]2OC(C)(C)OC2=O)c1. The van der Waals surface area contributed by atoms with Crippen molar-refractivity contribution in [3.05, 3.63) is 95.6 Å². The van der Waals surface area contributed by atoms with E-state index in [0.29, 0.717) is 19.3 Å². The van der Waals surface area contributed by atoms with E-state index in [1.165, 1.54) is 5.56 Å². The highest BCUT2D eigenvalue weighted by atomic mass is 16.8. The van der Waals surface area contributed by atoms with Crippen LogP contribution >= 0.6 is 0 Å². The van der Waals surface area contributed by atoms with E-state index in [1.54, 1.807) is 13.8 Å². The van der Waals surface area contributed by atoms with E-state index in [-0.39, 0.29) is 11.9 Å². The van der Waals surface area contributed by atoms with Crippen LogP contribution in [0.5, 0.6) is 0 Å². The van der Waals surface area contributed by atoms with Crippen LogP contribution in [0.1, 0.15) is 77.1 Å². The van der Waals surface area contributed by atoms with Gasteiger partial charge in [0.2, 0.25) is 17.6 Å². The Bertz CT molecular complexity index is 1460. The molecule has 0 unspecified atom stereocenters. The molecule has 44 heavy (non-hydrogen) atoms. The number of carbonyl (C=O) groups is 3. The standard InChI is InChI=1S/C37H46N2O5/c1-24-15-13-20-28(23-24)29-21-12-11-18-27(29)19-14-22-30(31-35(42)44-37(6,7)43-31)33(40)39-32(36(3,4)5)34(41)38-25(2)26-16-9-8-10-17-26/h8-13,15-18,20-21,23,25,30-32H,14,19,22H2,1-7H3,(H,38,41)(H,39,40)/t25-,30-,31+,32-/m1/s1. The monoisotopic (exact) mass is 598 g/mol. The van der Waals surface area contributed by atoms with E-state index in [0.717, 1.165) is 22.3 Å². The maximum absolute atomic E-state index is 14.0. The maximum Gasteiger partial charge on any atom is 0.338 e. The molecule has 3 aromatic carbocycles. The Hall–Kier alpha value is -3.97. The summed E-state index contributed by atoms with van der Waals surface area (Å²) < 4.78 is 11.4. The van der Waals surface area contributed by atoms with E-state index >= 15 is 0 Å². The lowest BCUT2D eigenvalue weighted by Crippen LogP contribution is -2.56. The summed E-state index contributed by atoms with van der Waals surface area (Å²) in [6.07, 6.45) is 0.648. The van der Waals surface area contributed by atoms with E-state index < -0.39 is 41.1 Å². The number of aryl methyl sites for hydroxylation is 2. The smallest absolute Gasteiger partial charge is 0.338 e. The minimum Gasteiger partial charge on any atom is -0.432 e. The lowest BCUT2D eigenvalue weighted by atomic mass is 9.84. The zero-order valence-electron chi connectivity index (χ0n) is 27.0. The molecule has 0 saturated carbocycles. The first-order valence-electron chi connectivity index (χ1n) is 15.5. The maximum atomic E-state index is 14.0. The van der Waals surface area contributed by atoms with E-state index in [4.69, 9.17) is 9.47 Å². The van der Waals surface area contributed by atoms with Crippen LogP contribution in [0, 0.1) is 18.3 Å². The summed E-state index contributed by atoms with van der Waals surface area (Å²) in [7, 11) is 0. The van der Waals surface area contributed by atoms with Crippen LogP contribution in [0.25, 0.3) is 11.1 Å². The average Bonchev–Trinajstić information content (AvgIpc) is 3.25. The fourth-order valence-electron chi connectivity index (χ4n) is 5.74. The van der Waals surface area contributed by atoms with Gasteiger partial charge in [0.25, 0.3) is 0 Å². The molecule has 1 aliphatic rings. The molecule has 0 spiro atoms. The van der Waals surface area contributed by atoms with Crippen LogP contribution in [0.4, 0.5) is 0 Å². The molecule has 0 aliphatic carbocycles. The summed E-state index contributed by atoms with van der Waals surface area (Å²) in [5.74, 6) is -3.23. The number of esters is 1. The first kappa shape index (κ1) is 32.9. The van der Waals surface area contributed by atoms with Crippen LogP contribution in [0.15, 0.2) is 78.9 Å². The molecule has 234 valence electrons. The van der Waals surface area contributed by atoms with Crippen LogP contribution < -0.4 is 10.6 Å². The van der Waals surface area contributed by atoms with E-state index in [9.17, 15) is 14.4 Å². The molecule has 0 aromatic heterocycles. The summed E-state index contributed by atoms with van der Waals surface area (Å²) in [5, 5.41) is 6.04. The average molecular weight is 599 g/mol. The van der Waals surface area contributed by atoms with Gasteiger partial charge in [0, 0.05) is 13.8 Å². The van der Waals surface area contributed by atoms with E-state index in [1.807, 2.05) is 70.2 Å². The largest absolute Gasteiger partial charge is 0.432 e. The molecule has 7 nitrogen and oxygen atoms in total. The number of cyclic esters (lactones) is 1. The minimum absolute atomic E-state index is 0.247. The van der Waals surface area contributed by atoms with Gasteiger partial charge in [0.05, 0.1) is 12.0 Å². The molecule has 2 N–H and O–H groups in total. The number of nitrogens with one attached hydrogen (secondary N) is 2. The molecule has 1 fully saturated rings. The van der Waals surface area contributed by atoms with Crippen molar-refractivity contribution in [1.82, 2.24) is 10.6 Å². The summed E-state index contributed by atoms with van der Waals surface area (Å²) in [4.78, 5) is 40.5. The molecule has 4 atom stereocenters. The Balaban J connectivity index is 1.53.